The number of carbonyl (C=O) groups is 1. The number of nitrogens with zero attached hydrogens (tertiary/aromatic N) is 2. The van der Waals surface area contributed by atoms with E-state index in [0.717, 1.165) is 42.8 Å². The maximum atomic E-state index is 11.4. The first-order chi connectivity index (χ1) is 9.02. The van der Waals surface area contributed by atoms with Gasteiger partial charge in [-0.3, -0.25) is 9.69 Å². The molecule has 0 saturated carbocycles. The number of carboxylic acid groups (broad SMARTS) is 1. The summed E-state index contributed by atoms with van der Waals surface area (Å²) in [5.41, 5.74) is 1.89. The number of rotatable bonds is 4. The van der Waals surface area contributed by atoms with Gasteiger partial charge in [0.25, 0.3) is 0 Å². The van der Waals surface area contributed by atoms with E-state index in [4.69, 9.17) is 4.52 Å². The molecule has 2 rings (SSSR count). The molecule has 2 heterocycles. The van der Waals surface area contributed by atoms with Gasteiger partial charge in [0, 0.05) is 12.1 Å². The highest BCUT2D eigenvalue weighted by Crippen LogP contribution is 2.28. The fourth-order valence-electron chi connectivity index (χ4n) is 2.83. The monoisotopic (exact) mass is 266 g/mol. The van der Waals surface area contributed by atoms with Crippen molar-refractivity contribution in [3.05, 3.63) is 17.0 Å². The molecule has 106 valence electrons. The van der Waals surface area contributed by atoms with E-state index in [1.165, 1.54) is 0 Å². The van der Waals surface area contributed by atoms with Crippen molar-refractivity contribution in [1.29, 1.82) is 0 Å². The molecule has 1 aromatic heterocycles. The van der Waals surface area contributed by atoms with Crippen LogP contribution in [0.4, 0.5) is 0 Å². The SMILES string of the molecule is CCC1CCN(Cc2c(C)noc2C)C(C(=O)O)C1. The molecule has 0 aromatic carbocycles. The topological polar surface area (TPSA) is 66.6 Å². The van der Waals surface area contributed by atoms with Crippen LogP contribution in [0.1, 0.15) is 43.2 Å². The van der Waals surface area contributed by atoms with Crippen molar-refractivity contribution in [2.24, 2.45) is 5.92 Å². The Morgan fingerprint density at radius 1 is 1.53 bits per heavy atom. The first-order valence-electron chi connectivity index (χ1n) is 6.91. The maximum Gasteiger partial charge on any atom is 0.320 e. The van der Waals surface area contributed by atoms with Gasteiger partial charge >= 0.3 is 5.97 Å². The third kappa shape index (κ3) is 2.97. The fourth-order valence-corrected chi connectivity index (χ4v) is 2.83. The molecule has 0 radical (unpaired) electrons. The number of aromatic nitrogens is 1. The van der Waals surface area contributed by atoms with Crippen molar-refractivity contribution in [2.45, 2.75) is 52.6 Å². The van der Waals surface area contributed by atoms with Gasteiger partial charge in [-0.15, -0.1) is 0 Å². The summed E-state index contributed by atoms with van der Waals surface area (Å²) >= 11 is 0. The third-order valence-electron chi connectivity index (χ3n) is 4.23. The van der Waals surface area contributed by atoms with Gasteiger partial charge in [0.05, 0.1) is 5.69 Å². The summed E-state index contributed by atoms with van der Waals surface area (Å²) < 4.78 is 5.15. The first-order valence-corrected chi connectivity index (χ1v) is 6.91. The van der Waals surface area contributed by atoms with Gasteiger partial charge in [0.1, 0.15) is 11.8 Å². The lowest BCUT2D eigenvalue weighted by molar-refractivity contribution is -0.145. The number of likely N-dealkylation sites (tertiary alicyclic amines) is 1. The Morgan fingerprint density at radius 3 is 2.79 bits per heavy atom. The summed E-state index contributed by atoms with van der Waals surface area (Å²) in [7, 11) is 0. The number of carboxylic acids is 1. The number of hydrogen-bond donors (Lipinski definition) is 1. The molecule has 0 amide bonds. The molecule has 2 atom stereocenters. The summed E-state index contributed by atoms with van der Waals surface area (Å²) in [6, 6.07) is -0.382. The minimum absolute atomic E-state index is 0.382. The number of aryl methyl sites for hydroxylation is 2. The Hall–Kier alpha value is -1.36. The third-order valence-corrected chi connectivity index (χ3v) is 4.23. The Labute approximate surface area is 113 Å². The van der Waals surface area contributed by atoms with E-state index in [0.29, 0.717) is 12.5 Å². The van der Waals surface area contributed by atoms with E-state index in [2.05, 4.69) is 12.1 Å². The molecule has 1 aromatic rings. The van der Waals surface area contributed by atoms with Crippen molar-refractivity contribution in [2.75, 3.05) is 6.54 Å². The normalized spacial score (nSPS) is 24.6. The van der Waals surface area contributed by atoms with E-state index in [1.807, 2.05) is 18.7 Å². The molecule has 0 aliphatic carbocycles. The quantitative estimate of drug-likeness (QED) is 0.906. The highest BCUT2D eigenvalue weighted by molar-refractivity contribution is 5.73. The highest BCUT2D eigenvalue weighted by atomic mass is 16.5. The Kier molecular flexibility index (Phi) is 4.24. The summed E-state index contributed by atoms with van der Waals surface area (Å²) in [4.78, 5) is 13.5. The average Bonchev–Trinajstić information content (AvgIpc) is 2.70. The molecule has 5 heteroatoms. The molecular formula is C14H22N2O3. The number of piperidine rings is 1. The molecule has 1 saturated heterocycles. The zero-order valence-corrected chi connectivity index (χ0v) is 11.8. The smallest absolute Gasteiger partial charge is 0.320 e. The second-order valence-corrected chi connectivity index (χ2v) is 5.43. The van der Waals surface area contributed by atoms with Crippen LogP contribution >= 0.6 is 0 Å². The minimum Gasteiger partial charge on any atom is -0.480 e. The molecule has 1 aliphatic rings. The molecule has 2 unspecified atom stereocenters. The van der Waals surface area contributed by atoms with Crippen LogP contribution in [0.15, 0.2) is 4.52 Å². The zero-order valence-electron chi connectivity index (χ0n) is 11.8. The van der Waals surface area contributed by atoms with E-state index >= 15 is 0 Å². The Morgan fingerprint density at radius 2 is 2.26 bits per heavy atom. The molecule has 0 spiro atoms. The van der Waals surface area contributed by atoms with Crippen LogP contribution in [-0.4, -0.2) is 33.7 Å². The molecule has 1 N–H and O–H groups in total. The predicted molar refractivity (Wildman–Crippen MR) is 70.8 cm³/mol. The standard InChI is InChI=1S/C14H22N2O3/c1-4-11-5-6-16(13(7-11)14(17)18)8-12-9(2)15-19-10(12)3/h11,13H,4-8H2,1-3H3,(H,17,18). The van der Waals surface area contributed by atoms with Gasteiger partial charge in [-0.1, -0.05) is 18.5 Å². The minimum atomic E-state index is -0.718. The van der Waals surface area contributed by atoms with Crippen LogP contribution in [0.2, 0.25) is 0 Å². The van der Waals surface area contributed by atoms with Gasteiger partial charge in [-0.05, 0) is 39.2 Å². The fraction of sp³-hybridized carbons (Fsp3) is 0.714. The van der Waals surface area contributed by atoms with Gasteiger partial charge in [-0.25, -0.2) is 0 Å². The lowest BCUT2D eigenvalue weighted by Gasteiger charge is -2.36. The van der Waals surface area contributed by atoms with Crippen LogP contribution in [-0.2, 0) is 11.3 Å². The summed E-state index contributed by atoms with van der Waals surface area (Å²) in [5.74, 6) is 0.603. The number of hydrogen-bond acceptors (Lipinski definition) is 4. The first kappa shape index (κ1) is 14.1. The van der Waals surface area contributed by atoms with E-state index in [1.54, 1.807) is 0 Å². The van der Waals surface area contributed by atoms with Gasteiger partial charge < -0.3 is 9.63 Å². The van der Waals surface area contributed by atoms with Crippen LogP contribution in [0.5, 0.6) is 0 Å². The zero-order chi connectivity index (χ0) is 14.0. The van der Waals surface area contributed by atoms with Gasteiger partial charge in [0.2, 0.25) is 0 Å². The van der Waals surface area contributed by atoms with Gasteiger partial charge in [0.15, 0.2) is 0 Å². The Bertz CT molecular complexity index is 436. The largest absolute Gasteiger partial charge is 0.480 e. The van der Waals surface area contributed by atoms with E-state index in [9.17, 15) is 9.90 Å². The maximum absolute atomic E-state index is 11.4. The number of aliphatic carboxylic acids is 1. The van der Waals surface area contributed by atoms with Crippen LogP contribution in [0.25, 0.3) is 0 Å². The average molecular weight is 266 g/mol. The van der Waals surface area contributed by atoms with E-state index in [-0.39, 0.29) is 6.04 Å². The Balaban J connectivity index is 2.12. The van der Waals surface area contributed by atoms with E-state index < -0.39 is 5.97 Å². The molecule has 19 heavy (non-hydrogen) atoms. The van der Waals surface area contributed by atoms with Crippen molar-refractivity contribution in [3.63, 3.8) is 0 Å². The van der Waals surface area contributed by atoms with Crippen molar-refractivity contribution in [3.8, 4) is 0 Å². The molecule has 1 aliphatic heterocycles. The van der Waals surface area contributed by atoms with Gasteiger partial charge in [-0.2, -0.15) is 0 Å². The van der Waals surface area contributed by atoms with Crippen LogP contribution in [0, 0.1) is 19.8 Å². The second-order valence-electron chi connectivity index (χ2n) is 5.43. The molecule has 0 bridgehead atoms. The molecule has 1 fully saturated rings. The lowest BCUT2D eigenvalue weighted by Crippen LogP contribution is -2.46. The lowest BCUT2D eigenvalue weighted by atomic mass is 9.88. The summed E-state index contributed by atoms with van der Waals surface area (Å²) in [6.07, 6.45) is 2.88. The molecule has 5 nitrogen and oxygen atoms in total. The van der Waals surface area contributed by atoms with Crippen molar-refractivity contribution >= 4 is 5.97 Å². The summed E-state index contributed by atoms with van der Waals surface area (Å²) in [6.45, 7) is 7.37. The second kappa shape index (κ2) is 5.74. The predicted octanol–water partition coefficient (Wildman–Crippen LogP) is 2.37. The molecular weight excluding hydrogens is 244 g/mol. The summed E-state index contributed by atoms with van der Waals surface area (Å²) in [5, 5.41) is 13.3. The van der Waals surface area contributed by atoms with Crippen molar-refractivity contribution < 1.29 is 14.4 Å². The van der Waals surface area contributed by atoms with Crippen LogP contribution < -0.4 is 0 Å². The van der Waals surface area contributed by atoms with Crippen LogP contribution in [0.3, 0.4) is 0 Å². The highest BCUT2D eigenvalue weighted by Gasteiger charge is 2.33. The van der Waals surface area contributed by atoms with Crippen molar-refractivity contribution in [1.82, 2.24) is 10.1 Å².